The number of halogens is 2. The lowest BCUT2D eigenvalue weighted by Crippen LogP contribution is -2.10. The predicted octanol–water partition coefficient (Wildman–Crippen LogP) is 5.13. The van der Waals surface area contributed by atoms with Crippen LogP contribution in [0, 0.1) is 21.7 Å². The van der Waals surface area contributed by atoms with E-state index in [-0.39, 0.29) is 17.8 Å². The first kappa shape index (κ1) is 20.5. The monoisotopic (exact) mass is 439 g/mol. The van der Waals surface area contributed by atoms with E-state index in [1.807, 2.05) is 0 Å². The van der Waals surface area contributed by atoms with Gasteiger partial charge in [0.2, 0.25) is 5.91 Å². The highest BCUT2D eigenvalue weighted by atomic mass is 32.2. The minimum atomic E-state index is -0.696. The van der Waals surface area contributed by atoms with E-state index in [2.05, 4.69) is 0 Å². The number of amides is 1. The van der Waals surface area contributed by atoms with Crippen LogP contribution in [0.3, 0.4) is 0 Å². The van der Waals surface area contributed by atoms with Crippen molar-refractivity contribution in [1.82, 2.24) is 4.57 Å². The van der Waals surface area contributed by atoms with Gasteiger partial charge in [-0.25, -0.2) is 8.78 Å². The van der Waals surface area contributed by atoms with E-state index in [9.17, 15) is 23.7 Å². The molecule has 31 heavy (non-hydrogen) atoms. The number of para-hydroxylation sites is 1. The highest BCUT2D eigenvalue weighted by molar-refractivity contribution is 7.99. The van der Waals surface area contributed by atoms with E-state index < -0.39 is 22.5 Å². The molecule has 1 amide bonds. The number of hydrogen-bond donors (Lipinski definition) is 1. The average molecular weight is 439 g/mol. The number of carbonyl (C=O) groups excluding carboxylic acids is 1. The van der Waals surface area contributed by atoms with Gasteiger partial charge >= 0.3 is 0 Å². The number of fused-ring (bicyclic) bond motifs is 1. The Hall–Kier alpha value is -3.72. The van der Waals surface area contributed by atoms with Crippen molar-refractivity contribution in [2.24, 2.45) is 5.73 Å². The molecule has 0 unspecified atom stereocenters. The first-order valence-corrected chi connectivity index (χ1v) is 9.92. The topological polar surface area (TPSA) is 91.2 Å². The molecule has 0 aliphatic carbocycles. The molecule has 9 heteroatoms. The lowest BCUT2D eigenvalue weighted by atomic mass is 10.1. The summed E-state index contributed by atoms with van der Waals surface area (Å²) in [7, 11) is 0. The molecule has 0 spiro atoms. The molecule has 0 radical (unpaired) electrons. The maximum Gasteiger partial charge on any atom is 0.283 e. The Balaban J connectivity index is 1.83. The van der Waals surface area contributed by atoms with Gasteiger partial charge in [0.1, 0.15) is 11.6 Å². The molecule has 4 rings (SSSR count). The Morgan fingerprint density at radius 2 is 1.74 bits per heavy atom. The number of carbonyl (C=O) groups is 1. The van der Waals surface area contributed by atoms with E-state index >= 15 is 0 Å². The SMILES string of the molecule is NC(=O)c1ccc2c(Sc3ccccc3[N+](=O)[O-])cn(Cc3cc(F)cc(F)c3)c2c1. The van der Waals surface area contributed by atoms with Crippen LogP contribution in [0.1, 0.15) is 15.9 Å². The van der Waals surface area contributed by atoms with E-state index in [1.165, 1.54) is 30.0 Å². The maximum atomic E-state index is 13.6. The van der Waals surface area contributed by atoms with E-state index in [0.717, 1.165) is 11.5 Å². The fraction of sp³-hybridized carbons (Fsp3) is 0.0455. The molecule has 3 aromatic carbocycles. The summed E-state index contributed by atoms with van der Waals surface area (Å²) in [5, 5.41) is 12.1. The molecule has 0 saturated carbocycles. The lowest BCUT2D eigenvalue weighted by molar-refractivity contribution is -0.387. The van der Waals surface area contributed by atoms with Crippen LogP contribution in [0.15, 0.2) is 76.7 Å². The van der Waals surface area contributed by atoms with Gasteiger partial charge in [-0.15, -0.1) is 0 Å². The molecular weight excluding hydrogens is 424 g/mol. The van der Waals surface area contributed by atoms with Gasteiger partial charge in [-0.3, -0.25) is 14.9 Å². The van der Waals surface area contributed by atoms with Crippen LogP contribution < -0.4 is 5.73 Å². The van der Waals surface area contributed by atoms with Gasteiger partial charge in [0.15, 0.2) is 0 Å². The molecule has 0 fully saturated rings. The molecule has 0 bridgehead atoms. The molecule has 6 nitrogen and oxygen atoms in total. The predicted molar refractivity (Wildman–Crippen MR) is 113 cm³/mol. The summed E-state index contributed by atoms with van der Waals surface area (Å²) >= 11 is 1.20. The lowest BCUT2D eigenvalue weighted by Gasteiger charge is -2.07. The minimum Gasteiger partial charge on any atom is -0.366 e. The standard InChI is InChI=1S/C22H15F2N3O3S/c23-15-7-13(8-16(24)10-15)11-26-12-21(17-6-5-14(22(25)28)9-19(17)26)31-20-4-2-1-3-18(20)27(29)30/h1-10,12H,11H2,(H2,25,28). The Bertz CT molecular complexity index is 1320. The number of aromatic nitrogens is 1. The zero-order chi connectivity index (χ0) is 22.1. The largest absolute Gasteiger partial charge is 0.366 e. The van der Waals surface area contributed by atoms with Gasteiger partial charge < -0.3 is 10.3 Å². The van der Waals surface area contributed by atoms with Crippen LogP contribution in [0.4, 0.5) is 14.5 Å². The fourth-order valence-electron chi connectivity index (χ4n) is 3.34. The summed E-state index contributed by atoms with van der Waals surface area (Å²) in [6.07, 6.45) is 1.74. The van der Waals surface area contributed by atoms with Gasteiger partial charge in [0.05, 0.1) is 15.3 Å². The third-order valence-corrected chi connectivity index (χ3v) is 5.80. The van der Waals surface area contributed by atoms with Crippen LogP contribution in [-0.2, 0) is 6.54 Å². The van der Waals surface area contributed by atoms with E-state index in [4.69, 9.17) is 5.73 Å². The van der Waals surface area contributed by atoms with Crippen LogP contribution in [-0.4, -0.2) is 15.4 Å². The van der Waals surface area contributed by atoms with Crippen molar-refractivity contribution in [1.29, 1.82) is 0 Å². The third kappa shape index (κ3) is 4.26. The average Bonchev–Trinajstić information content (AvgIpc) is 3.04. The minimum absolute atomic E-state index is 0.0330. The fourth-order valence-corrected chi connectivity index (χ4v) is 4.43. The highest BCUT2D eigenvalue weighted by Gasteiger charge is 2.18. The van der Waals surface area contributed by atoms with Crippen LogP contribution >= 0.6 is 11.8 Å². The van der Waals surface area contributed by atoms with Crippen molar-refractivity contribution in [2.45, 2.75) is 16.3 Å². The Kier molecular flexibility index (Phi) is 5.43. The number of hydrogen-bond acceptors (Lipinski definition) is 4. The number of rotatable bonds is 6. The van der Waals surface area contributed by atoms with Crippen molar-refractivity contribution in [3.63, 3.8) is 0 Å². The summed E-state index contributed by atoms with van der Waals surface area (Å²) in [5.74, 6) is -2.00. The van der Waals surface area contributed by atoms with Crippen LogP contribution in [0.5, 0.6) is 0 Å². The summed E-state index contributed by atoms with van der Waals surface area (Å²) in [5.41, 5.74) is 6.65. The zero-order valence-electron chi connectivity index (χ0n) is 15.9. The zero-order valence-corrected chi connectivity index (χ0v) is 16.7. The number of nitro groups is 1. The Morgan fingerprint density at radius 1 is 1.03 bits per heavy atom. The molecule has 156 valence electrons. The maximum absolute atomic E-state index is 13.6. The van der Waals surface area contributed by atoms with Crippen molar-refractivity contribution >= 4 is 34.3 Å². The Morgan fingerprint density at radius 3 is 2.42 bits per heavy atom. The van der Waals surface area contributed by atoms with Gasteiger partial charge in [0, 0.05) is 40.7 Å². The van der Waals surface area contributed by atoms with Crippen molar-refractivity contribution in [3.05, 3.63) is 99.7 Å². The van der Waals surface area contributed by atoms with Crippen LogP contribution in [0.2, 0.25) is 0 Å². The second-order valence-electron chi connectivity index (χ2n) is 6.82. The van der Waals surface area contributed by atoms with Gasteiger partial charge in [-0.1, -0.05) is 30.0 Å². The van der Waals surface area contributed by atoms with Crippen molar-refractivity contribution < 1.29 is 18.5 Å². The molecule has 0 atom stereocenters. The number of nitrogens with zero attached hydrogens (tertiary/aromatic N) is 2. The van der Waals surface area contributed by atoms with Gasteiger partial charge in [-0.05, 0) is 35.9 Å². The second kappa shape index (κ2) is 8.19. The van der Waals surface area contributed by atoms with E-state index in [0.29, 0.717) is 20.9 Å². The summed E-state index contributed by atoms with van der Waals surface area (Å²) in [6, 6.07) is 14.5. The normalized spacial score (nSPS) is 11.0. The summed E-state index contributed by atoms with van der Waals surface area (Å²) in [4.78, 5) is 23.7. The number of nitrogens with two attached hydrogens (primary N) is 1. The molecular formula is C22H15F2N3O3S. The molecule has 0 saturated heterocycles. The quantitative estimate of drug-likeness (QED) is 0.333. The van der Waals surface area contributed by atoms with Crippen molar-refractivity contribution in [2.75, 3.05) is 0 Å². The van der Waals surface area contributed by atoms with Gasteiger partial charge in [0.25, 0.3) is 5.69 Å². The Labute approximate surface area is 179 Å². The summed E-state index contributed by atoms with van der Waals surface area (Å²) in [6.45, 7) is 0.130. The molecule has 1 heterocycles. The summed E-state index contributed by atoms with van der Waals surface area (Å²) < 4.78 is 29.0. The number of primary amides is 1. The van der Waals surface area contributed by atoms with Gasteiger partial charge in [-0.2, -0.15) is 0 Å². The second-order valence-corrected chi connectivity index (χ2v) is 7.91. The molecule has 1 aromatic heterocycles. The number of benzene rings is 3. The first-order chi connectivity index (χ1) is 14.8. The number of nitro benzene ring substituents is 1. The van der Waals surface area contributed by atoms with Crippen molar-refractivity contribution in [3.8, 4) is 0 Å². The van der Waals surface area contributed by atoms with Crippen LogP contribution in [0.25, 0.3) is 10.9 Å². The smallest absolute Gasteiger partial charge is 0.283 e. The molecule has 2 N–H and O–H groups in total. The highest BCUT2D eigenvalue weighted by Crippen LogP contribution is 2.39. The molecule has 0 aliphatic rings. The third-order valence-electron chi connectivity index (χ3n) is 4.69. The molecule has 4 aromatic rings. The molecule has 0 aliphatic heterocycles. The van der Waals surface area contributed by atoms with E-state index in [1.54, 1.807) is 47.2 Å². The first-order valence-electron chi connectivity index (χ1n) is 9.11.